The van der Waals surface area contributed by atoms with Crippen LogP contribution in [-0.2, 0) is 4.74 Å². The Kier molecular flexibility index (Phi) is 3.41. The van der Waals surface area contributed by atoms with Crippen molar-refractivity contribution in [1.82, 2.24) is 10.2 Å². The lowest BCUT2D eigenvalue weighted by Gasteiger charge is -2.39. The summed E-state index contributed by atoms with van der Waals surface area (Å²) in [5.41, 5.74) is 4.80. The molecular formula is C17H24N2O. The zero-order valence-electron chi connectivity index (χ0n) is 12.1. The van der Waals surface area contributed by atoms with Gasteiger partial charge in [-0.1, -0.05) is 12.2 Å². The monoisotopic (exact) mass is 272 g/mol. The van der Waals surface area contributed by atoms with Gasteiger partial charge < -0.3 is 15.0 Å². The Bertz CT molecular complexity index is 471. The molecule has 2 fully saturated rings. The summed E-state index contributed by atoms with van der Waals surface area (Å²) in [7, 11) is 0. The second-order valence-corrected chi connectivity index (χ2v) is 6.33. The van der Waals surface area contributed by atoms with E-state index in [4.69, 9.17) is 4.74 Å². The van der Waals surface area contributed by atoms with Gasteiger partial charge in [-0.25, -0.2) is 0 Å². The molecule has 1 aliphatic carbocycles. The second-order valence-electron chi connectivity index (χ2n) is 6.33. The van der Waals surface area contributed by atoms with Crippen LogP contribution in [0.2, 0.25) is 0 Å². The Morgan fingerprint density at radius 3 is 3.05 bits per heavy atom. The molecule has 4 aliphatic rings. The van der Waals surface area contributed by atoms with Gasteiger partial charge in [0.05, 0.1) is 0 Å². The lowest BCUT2D eigenvalue weighted by molar-refractivity contribution is 0.0567. The van der Waals surface area contributed by atoms with Crippen molar-refractivity contribution in [3.8, 4) is 0 Å². The third-order valence-corrected chi connectivity index (χ3v) is 5.19. The van der Waals surface area contributed by atoms with Crippen molar-refractivity contribution >= 4 is 0 Å². The van der Waals surface area contributed by atoms with Crippen LogP contribution in [0.1, 0.15) is 25.7 Å². The summed E-state index contributed by atoms with van der Waals surface area (Å²) < 4.78 is 5.55. The fourth-order valence-corrected chi connectivity index (χ4v) is 4.19. The van der Waals surface area contributed by atoms with Gasteiger partial charge in [0.1, 0.15) is 0 Å². The molecule has 1 atom stereocenters. The maximum Gasteiger partial charge on any atom is 0.0469 e. The molecule has 0 aromatic rings. The average Bonchev–Trinajstić information content (AvgIpc) is 2.73. The number of nitrogens with zero attached hydrogens (tertiary/aromatic N) is 1. The number of rotatable bonds is 1. The van der Waals surface area contributed by atoms with Crippen LogP contribution in [-0.4, -0.2) is 37.7 Å². The maximum atomic E-state index is 5.55. The standard InChI is InChI=1S/C17H24N2O/c1-2-14-12-18-7-9-19-8-4-15(16(3-1)17(14)19)13-5-10-20-11-6-13/h2,4,8,13,15,18H,1,3,5-7,9-12H2. The molecule has 0 spiro atoms. The van der Waals surface area contributed by atoms with E-state index in [2.05, 4.69) is 28.6 Å². The molecule has 1 unspecified atom stereocenters. The van der Waals surface area contributed by atoms with Crippen LogP contribution in [0.3, 0.4) is 0 Å². The van der Waals surface area contributed by atoms with Gasteiger partial charge in [0.25, 0.3) is 0 Å². The smallest absolute Gasteiger partial charge is 0.0469 e. The number of hydrogen-bond donors (Lipinski definition) is 1. The Balaban J connectivity index is 1.69. The van der Waals surface area contributed by atoms with Gasteiger partial charge in [-0.2, -0.15) is 0 Å². The highest BCUT2D eigenvalue weighted by Crippen LogP contribution is 2.42. The van der Waals surface area contributed by atoms with Crippen molar-refractivity contribution in [2.45, 2.75) is 25.7 Å². The van der Waals surface area contributed by atoms with Crippen LogP contribution in [0.4, 0.5) is 0 Å². The predicted molar refractivity (Wildman–Crippen MR) is 80.1 cm³/mol. The second kappa shape index (κ2) is 5.38. The largest absolute Gasteiger partial charge is 0.381 e. The van der Waals surface area contributed by atoms with Gasteiger partial charge in [0.15, 0.2) is 0 Å². The number of nitrogens with one attached hydrogen (secondary N) is 1. The van der Waals surface area contributed by atoms with Gasteiger partial charge >= 0.3 is 0 Å². The van der Waals surface area contributed by atoms with Crippen LogP contribution < -0.4 is 5.32 Å². The van der Waals surface area contributed by atoms with E-state index in [-0.39, 0.29) is 0 Å². The summed E-state index contributed by atoms with van der Waals surface area (Å²) >= 11 is 0. The highest BCUT2D eigenvalue weighted by atomic mass is 16.5. The Labute approximate surface area is 121 Å². The molecule has 1 N–H and O–H groups in total. The maximum absolute atomic E-state index is 5.55. The van der Waals surface area contributed by atoms with Gasteiger partial charge in [0, 0.05) is 50.7 Å². The quantitative estimate of drug-likeness (QED) is 0.793. The van der Waals surface area contributed by atoms with E-state index >= 15 is 0 Å². The SMILES string of the molecule is C1=CN2CCNCC3=CCCC(=C32)C1C1CCOCC1. The van der Waals surface area contributed by atoms with Crippen molar-refractivity contribution in [2.24, 2.45) is 11.8 Å². The molecule has 3 nitrogen and oxygen atoms in total. The Morgan fingerprint density at radius 1 is 1.25 bits per heavy atom. The van der Waals surface area contributed by atoms with Gasteiger partial charge in [-0.15, -0.1) is 0 Å². The molecule has 4 rings (SSSR count). The van der Waals surface area contributed by atoms with Gasteiger partial charge in [-0.3, -0.25) is 0 Å². The van der Waals surface area contributed by atoms with Crippen molar-refractivity contribution in [3.05, 3.63) is 35.2 Å². The van der Waals surface area contributed by atoms with Crippen molar-refractivity contribution in [2.75, 3.05) is 32.8 Å². The van der Waals surface area contributed by atoms with Crippen molar-refractivity contribution in [3.63, 3.8) is 0 Å². The van der Waals surface area contributed by atoms with E-state index in [1.54, 1.807) is 11.3 Å². The van der Waals surface area contributed by atoms with Crippen LogP contribution in [0, 0.1) is 11.8 Å². The summed E-state index contributed by atoms with van der Waals surface area (Å²) in [4.78, 5) is 2.48. The van der Waals surface area contributed by atoms with E-state index in [1.165, 1.54) is 31.3 Å². The molecule has 3 heteroatoms. The fraction of sp³-hybridized carbons (Fsp3) is 0.647. The highest BCUT2D eigenvalue weighted by Gasteiger charge is 2.33. The zero-order valence-corrected chi connectivity index (χ0v) is 12.1. The minimum atomic E-state index is 0.659. The van der Waals surface area contributed by atoms with E-state index < -0.39 is 0 Å². The van der Waals surface area contributed by atoms with E-state index in [0.717, 1.165) is 38.8 Å². The molecule has 0 aromatic heterocycles. The summed E-state index contributed by atoms with van der Waals surface area (Å²) in [5.74, 6) is 1.45. The fourth-order valence-electron chi connectivity index (χ4n) is 4.19. The number of allylic oxidation sites excluding steroid dienone is 3. The summed E-state index contributed by atoms with van der Waals surface area (Å²) in [5, 5.41) is 3.56. The molecule has 0 aromatic carbocycles. The minimum Gasteiger partial charge on any atom is -0.381 e. The topological polar surface area (TPSA) is 24.5 Å². The molecule has 2 saturated heterocycles. The Morgan fingerprint density at radius 2 is 2.15 bits per heavy atom. The first-order valence-electron chi connectivity index (χ1n) is 8.09. The molecule has 0 radical (unpaired) electrons. The first-order valence-corrected chi connectivity index (χ1v) is 8.09. The Hall–Kier alpha value is -1.06. The minimum absolute atomic E-state index is 0.659. The van der Waals surface area contributed by atoms with Crippen LogP contribution in [0.15, 0.2) is 35.2 Å². The number of ether oxygens (including phenoxy) is 1. The number of hydrogen-bond acceptors (Lipinski definition) is 3. The first-order chi connectivity index (χ1) is 9.93. The third kappa shape index (κ3) is 2.13. The molecule has 108 valence electrons. The molecule has 3 heterocycles. The van der Waals surface area contributed by atoms with Crippen molar-refractivity contribution in [1.29, 1.82) is 0 Å². The van der Waals surface area contributed by atoms with Gasteiger partial charge in [0.2, 0.25) is 0 Å². The molecule has 0 amide bonds. The average molecular weight is 272 g/mol. The summed E-state index contributed by atoms with van der Waals surface area (Å²) in [6.07, 6.45) is 12.2. The zero-order chi connectivity index (χ0) is 13.4. The molecule has 20 heavy (non-hydrogen) atoms. The van der Waals surface area contributed by atoms with Crippen LogP contribution >= 0.6 is 0 Å². The molecule has 0 saturated carbocycles. The molecule has 3 aliphatic heterocycles. The van der Waals surface area contributed by atoms with Crippen LogP contribution in [0.5, 0.6) is 0 Å². The van der Waals surface area contributed by atoms with E-state index in [1.807, 2.05) is 0 Å². The highest BCUT2D eigenvalue weighted by molar-refractivity contribution is 5.44. The van der Waals surface area contributed by atoms with Gasteiger partial charge in [-0.05, 0) is 42.7 Å². The predicted octanol–water partition coefficient (Wildman–Crippen LogP) is 2.44. The normalized spacial score (nSPS) is 30.9. The molecular weight excluding hydrogens is 248 g/mol. The summed E-state index contributed by atoms with van der Waals surface area (Å²) in [6.45, 7) is 5.13. The van der Waals surface area contributed by atoms with Crippen LogP contribution in [0.25, 0.3) is 0 Å². The van der Waals surface area contributed by atoms with E-state index in [9.17, 15) is 0 Å². The summed E-state index contributed by atoms with van der Waals surface area (Å²) in [6, 6.07) is 0. The lowest BCUT2D eigenvalue weighted by atomic mass is 9.75. The van der Waals surface area contributed by atoms with Crippen molar-refractivity contribution < 1.29 is 4.74 Å². The lowest BCUT2D eigenvalue weighted by Crippen LogP contribution is -2.32. The first kappa shape index (κ1) is 12.7. The van der Waals surface area contributed by atoms with E-state index in [0.29, 0.717) is 5.92 Å². The third-order valence-electron chi connectivity index (χ3n) is 5.19. The molecule has 0 bridgehead atoms.